The molecule has 0 radical (unpaired) electrons. The molecule has 3 fully saturated rings. The lowest BCUT2D eigenvalue weighted by Crippen LogP contribution is -2.28. The normalized spacial score (nSPS) is 38.9. The molecule has 1 aliphatic heterocycles. The molecule has 0 aromatic heterocycles. The minimum Gasteiger partial charge on any atom is -0.427 e. The summed E-state index contributed by atoms with van der Waals surface area (Å²) < 4.78 is 9.81. The lowest BCUT2D eigenvalue weighted by atomic mass is 9.95. The van der Waals surface area contributed by atoms with Gasteiger partial charge in [0.05, 0.1) is 12.2 Å². The van der Waals surface area contributed by atoms with Gasteiger partial charge in [0.25, 0.3) is 0 Å². The van der Waals surface area contributed by atoms with Gasteiger partial charge in [0.15, 0.2) is 0 Å². The standard InChI is InChI=1S/C7H10O3.C6H12O2/c8-7-9-5-3-1-2-4-6(5)10-7;7-5-3-1-2-4-6(5)8/h5-6H,1-4H2;5-8H,1-4H2. The van der Waals surface area contributed by atoms with E-state index >= 15 is 0 Å². The number of ether oxygens (including phenoxy) is 2. The zero-order chi connectivity index (χ0) is 13.0. The second-order valence-electron chi connectivity index (χ2n) is 5.27. The zero-order valence-electron chi connectivity index (χ0n) is 10.6. The van der Waals surface area contributed by atoms with Crippen molar-refractivity contribution in [2.24, 2.45) is 0 Å². The summed E-state index contributed by atoms with van der Waals surface area (Å²) >= 11 is 0. The lowest BCUT2D eigenvalue weighted by molar-refractivity contribution is -0.00865. The second kappa shape index (κ2) is 6.38. The van der Waals surface area contributed by atoms with Crippen molar-refractivity contribution in [1.82, 2.24) is 0 Å². The third-order valence-electron chi connectivity index (χ3n) is 3.83. The fourth-order valence-corrected chi connectivity index (χ4v) is 2.70. The summed E-state index contributed by atoms with van der Waals surface area (Å²) in [7, 11) is 0. The van der Waals surface area contributed by atoms with Gasteiger partial charge in [-0.2, -0.15) is 0 Å². The molecule has 0 amide bonds. The molecule has 3 rings (SSSR count). The molecule has 4 unspecified atom stereocenters. The van der Waals surface area contributed by atoms with Crippen LogP contribution in [-0.2, 0) is 9.47 Å². The molecule has 2 N–H and O–H groups in total. The monoisotopic (exact) mass is 258 g/mol. The molecule has 2 saturated carbocycles. The van der Waals surface area contributed by atoms with Crippen LogP contribution in [0.2, 0.25) is 0 Å². The molecule has 0 aromatic rings. The molecule has 0 spiro atoms. The Kier molecular flexibility index (Phi) is 4.83. The Hall–Kier alpha value is -0.810. The summed E-state index contributed by atoms with van der Waals surface area (Å²) in [5.74, 6) is 0. The van der Waals surface area contributed by atoms with E-state index in [2.05, 4.69) is 0 Å². The van der Waals surface area contributed by atoms with Crippen LogP contribution in [0.15, 0.2) is 0 Å². The van der Waals surface area contributed by atoms with Gasteiger partial charge in [-0.3, -0.25) is 0 Å². The average molecular weight is 258 g/mol. The Labute approximate surface area is 107 Å². The number of aliphatic hydroxyl groups excluding tert-OH is 2. The van der Waals surface area contributed by atoms with Gasteiger partial charge in [0.1, 0.15) is 12.2 Å². The van der Waals surface area contributed by atoms with Gasteiger partial charge in [0, 0.05) is 0 Å². The fraction of sp³-hybridized carbons (Fsp3) is 0.923. The number of hydrogen-bond acceptors (Lipinski definition) is 5. The van der Waals surface area contributed by atoms with E-state index in [1.807, 2.05) is 0 Å². The van der Waals surface area contributed by atoms with E-state index in [0.717, 1.165) is 51.4 Å². The molecular formula is C13H22O5. The van der Waals surface area contributed by atoms with E-state index in [9.17, 15) is 4.79 Å². The highest BCUT2D eigenvalue weighted by Gasteiger charge is 2.37. The molecule has 5 nitrogen and oxygen atoms in total. The number of carbonyl (C=O) groups is 1. The average Bonchev–Trinajstić information content (AvgIpc) is 2.74. The first-order valence-electron chi connectivity index (χ1n) is 6.90. The maximum atomic E-state index is 10.6. The van der Waals surface area contributed by atoms with Crippen LogP contribution in [0, 0.1) is 0 Å². The van der Waals surface area contributed by atoms with Gasteiger partial charge in [-0.15, -0.1) is 0 Å². The summed E-state index contributed by atoms with van der Waals surface area (Å²) in [5.41, 5.74) is 0. The van der Waals surface area contributed by atoms with Crippen LogP contribution >= 0.6 is 0 Å². The highest BCUT2D eigenvalue weighted by Crippen LogP contribution is 2.28. The van der Waals surface area contributed by atoms with Crippen molar-refractivity contribution in [3.05, 3.63) is 0 Å². The molecule has 0 aromatic carbocycles. The minimum absolute atomic E-state index is 0.0706. The van der Waals surface area contributed by atoms with Crippen molar-refractivity contribution in [2.45, 2.75) is 75.8 Å². The van der Waals surface area contributed by atoms with Crippen molar-refractivity contribution in [2.75, 3.05) is 0 Å². The smallest absolute Gasteiger partial charge is 0.427 e. The first-order chi connectivity index (χ1) is 8.66. The quantitative estimate of drug-likeness (QED) is 0.647. The van der Waals surface area contributed by atoms with Crippen molar-refractivity contribution in [3.8, 4) is 0 Å². The third-order valence-corrected chi connectivity index (χ3v) is 3.83. The van der Waals surface area contributed by atoms with Crippen molar-refractivity contribution in [1.29, 1.82) is 0 Å². The second-order valence-corrected chi connectivity index (χ2v) is 5.27. The lowest BCUT2D eigenvalue weighted by Gasteiger charge is -2.22. The predicted molar refractivity (Wildman–Crippen MR) is 64.1 cm³/mol. The molecule has 18 heavy (non-hydrogen) atoms. The molecule has 1 saturated heterocycles. The summed E-state index contributed by atoms with van der Waals surface area (Å²) in [5, 5.41) is 17.9. The Morgan fingerprint density at radius 1 is 0.778 bits per heavy atom. The first-order valence-corrected chi connectivity index (χ1v) is 6.90. The van der Waals surface area contributed by atoms with E-state index in [4.69, 9.17) is 19.7 Å². The molecule has 2 aliphatic carbocycles. The van der Waals surface area contributed by atoms with Gasteiger partial charge >= 0.3 is 6.16 Å². The number of fused-ring (bicyclic) bond motifs is 1. The van der Waals surface area contributed by atoms with Crippen LogP contribution in [0.5, 0.6) is 0 Å². The molecular weight excluding hydrogens is 236 g/mol. The Bertz CT molecular complexity index is 255. The summed E-state index contributed by atoms with van der Waals surface area (Å²) in [6, 6.07) is 0. The van der Waals surface area contributed by atoms with Crippen LogP contribution in [0.3, 0.4) is 0 Å². The topological polar surface area (TPSA) is 76.0 Å². The Morgan fingerprint density at radius 2 is 1.17 bits per heavy atom. The summed E-state index contributed by atoms with van der Waals surface area (Å²) in [6.45, 7) is 0. The van der Waals surface area contributed by atoms with Crippen LogP contribution < -0.4 is 0 Å². The van der Waals surface area contributed by atoms with Gasteiger partial charge in [-0.05, 0) is 38.5 Å². The predicted octanol–water partition coefficient (Wildman–Crippen LogP) is 1.75. The fourth-order valence-electron chi connectivity index (χ4n) is 2.70. The SMILES string of the molecule is O=C1OC2CCCCC2O1.OC1CCCCC1O. The van der Waals surface area contributed by atoms with E-state index < -0.39 is 18.4 Å². The van der Waals surface area contributed by atoms with Gasteiger partial charge in [0.2, 0.25) is 0 Å². The van der Waals surface area contributed by atoms with Gasteiger partial charge in [-0.1, -0.05) is 12.8 Å². The van der Waals surface area contributed by atoms with Gasteiger partial charge < -0.3 is 19.7 Å². The van der Waals surface area contributed by atoms with E-state index in [1.54, 1.807) is 0 Å². The molecule has 3 aliphatic rings. The van der Waals surface area contributed by atoms with Crippen LogP contribution in [0.4, 0.5) is 4.79 Å². The largest absolute Gasteiger partial charge is 0.509 e. The van der Waals surface area contributed by atoms with Gasteiger partial charge in [-0.25, -0.2) is 4.79 Å². The maximum absolute atomic E-state index is 10.6. The number of hydrogen-bond donors (Lipinski definition) is 2. The number of aliphatic hydroxyl groups is 2. The summed E-state index contributed by atoms with van der Waals surface area (Å²) in [6.07, 6.45) is 6.77. The number of carbonyl (C=O) groups excluding carboxylic acids is 1. The van der Waals surface area contributed by atoms with E-state index in [-0.39, 0.29) is 12.2 Å². The highest BCUT2D eigenvalue weighted by molar-refractivity contribution is 5.62. The van der Waals surface area contributed by atoms with Crippen molar-refractivity contribution < 1.29 is 24.5 Å². The Morgan fingerprint density at radius 3 is 1.56 bits per heavy atom. The van der Waals surface area contributed by atoms with Crippen LogP contribution in [0.25, 0.3) is 0 Å². The first kappa shape index (κ1) is 13.6. The molecule has 1 heterocycles. The minimum atomic E-state index is -0.475. The van der Waals surface area contributed by atoms with Crippen LogP contribution in [0.1, 0.15) is 51.4 Å². The Balaban J connectivity index is 0.000000138. The third kappa shape index (κ3) is 3.59. The summed E-state index contributed by atoms with van der Waals surface area (Å²) in [4.78, 5) is 10.6. The van der Waals surface area contributed by atoms with Crippen molar-refractivity contribution in [3.63, 3.8) is 0 Å². The van der Waals surface area contributed by atoms with Crippen LogP contribution in [-0.4, -0.2) is 40.8 Å². The van der Waals surface area contributed by atoms with E-state index in [0.29, 0.717) is 0 Å². The highest BCUT2D eigenvalue weighted by atomic mass is 16.8. The molecule has 5 heteroatoms. The van der Waals surface area contributed by atoms with E-state index in [1.165, 1.54) is 0 Å². The zero-order valence-corrected chi connectivity index (χ0v) is 10.6. The molecule has 104 valence electrons. The molecule has 0 bridgehead atoms. The maximum Gasteiger partial charge on any atom is 0.509 e. The number of rotatable bonds is 0. The van der Waals surface area contributed by atoms with Crippen molar-refractivity contribution >= 4 is 6.16 Å². The molecule has 4 atom stereocenters.